The lowest BCUT2D eigenvalue weighted by molar-refractivity contribution is -0.118. The van der Waals surface area contributed by atoms with Crippen molar-refractivity contribution < 1.29 is 23.8 Å². The van der Waals surface area contributed by atoms with Crippen molar-refractivity contribution in [1.82, 2.24) is 19.9 Å². The minimum absolute atomic E-state index is 0.0968. The van der Waals surface area contributed by atoms with E-state index in [-0.39, 0.29) is 5.91 Å². The molecule has 6 heterocycles. The number of nitrogens with one attached hydrogen (secondary N) is 2. The maximum absolute atomic E-state index is 13.1. The SMILES string of the molecule is Cc1c(N2CCc3cnc(Nc4ccc(NC(=O)CN5CCOCC5)nc4)cc3C2)cnc2c1N(C(=O)OC(C)(C)C)CCO2. The number of pyridine rings is 3. The molecule has 6 rings (SSSR count). The predicted molar refractivity (Wildman–Crippen MR) is 170 cm³/mol. The summed E-state index contributed by atoms with van der Waals surface area (Å²) < 4.78 is 16.8. The number of aromatic nitrogens is 3. The summed E-state index contributed by atoms with van der Waals surface area (Å²) in [4.78, 5) is 45.1. The molecule has 45 heavy (non-hydrogen) atoms. The Morgan fingerprint density at radius 2 is 1.76 bits per heavy atom. The normalized spacial score (nSPS) is 16.7. The molecule has 3 aromatic rings. The Hall–Kier alpha value is -4.49. The number of ether oxygens (including phenoxy) is 3. The highest BCUT2D eigenvalue weighted by molar-refractivity contribution is 5.93. The second-order valence-electron chi connectivity index (χ2n) is 12.4. The molecular weight excluding hydrogens is 576 g/mol. The fourth-order valence-electron chi connectivity index (χ4n) is 5.69. The first-order valence-corrected chi connectivity index (χ1v) is 15.3. The number of fused-ring (bicyclic) bond motifs is 2. The molecule has 1 saturated heterocycles. The molecule has 0 spiro atoms. The fraction of sp³-hybridized carbons (Fsp3) is 0.469. The van der Waals surface area contributed by atoms with Gasteiger partial charge in [0.15, 0.2) is 0 Å². The Morgan fingerprint density at radius 1 is 0.956 bits per heavy atom. The van der Waals surface area contributed by atoms with Crippen molar-refractivity contribution in [2.75, 3.05) is 73.0 Å². The number of amides is 2. The molecule has 13 heteroatoms. The summed E-state index contributed by atoms with van der Waals surface area (Å²) in [5, 5.41) is 6.19. The molecule has 2 N–H and O–H groups in total. The minimum atomic E-state index is -0.609. The smallest absolute Gasteiger partial charge is 0.415 e. The van der Waals surface area contributed by atoms with Gasteiger partial charge in [0.2, 0.25) is 11.8 Å². The quantitative estimate of drug-likeness (QED) is 0.418. The van der Waals surface area contributed by atoms with Crippen molar-refractivity contribution in [3.63, 3.8) is 0 Å². The second kappa shape index (κ2) is 12.9. The molecule has 3 aliphatic rings. The summed E-state index contributed by atoms with van der Waals surface area (Å²) in [5.41, 5.74) is 5.01. The Kier molecular flexibility index (Phi) is 8.72. The zero-order valence-electron chi connectivity index (χ0n) is 26.3. The van der Waals surface area contributed by atoms with E-state index in [0.717, 1.165) is 48.6 Å². The van der Waals surface area contributed by atoms with Crippen LogP contribution in [0.15, 0.2) is 36.8 Å². The van der Waals surface area contributed by atoms with E-state index < -0.39 is 11.7 Å². The Labute approximate surface area is 262 Å². The van der Waals surface area contributed by atoms with E-state index in [0.29, 0.717) is 62.7 Å². The van der Waals surface area contributed by atoms with Crippen LogP contribution in [0.3, 0.4) is 0 Å². The Balaban J connectivity index is 1.12. The summed E-state index contributed by atoms with van der Waals surface area (Å²) in [5.74, 6) is 1.54. The molecule has 0 bridgehead atoms. The van der Waals surface area contributed by atoms with Gasteiger partial charge in [-0.2, -0.15) is 0 Å². The van der Waals surface area contributed by atoms with Crippen LogP contribution in [0.4, 0.5) is 33.5 Å². The molecule has 0 atom stereocenters. The molecule has 3 aliphatic heterocycles. The van der Waals surface area contributed by atoms with E-state index >= 15 is 0 Å². The fourth-order valence-corrected chi connectivity index (χ4v) is 5.69. The zero-order chi connectivity index (χ0) is 31.6. The molecule has 0 radical (unpaired) electrons. The Bertz CT molecular complexity index is 1550. The number of hydrogen-bond donors (Lipinski definition) is 2. The molecule has 0 unspecified atom stereocenters. The summed E-state index contributed by atoms with van der Waals surface area (Å²) in [6, 6.07) is 5.69. The van der Waals surface area contributed by atoms with Gasteiger partial charge >= 0.3 is 6.09 Å². The van der Waals surface area contributed by atoms with Crippen LogP contribution in [0.2, 0.25) is 0 Å². The molecule has 238 valence electrons. The van der Waals surface area contributed by atoms with Crippen LogP contribution >= 0.6 is 0 Å². The van der Waals surface area contributed by atoms with Crippen LogP contribution in [-0.2, 0) is 27.2 Å². The second-order valence-corrected chi connectivity index (χ2v) is 12.4. The summed E-state index contributed by atoms with van der Waals surface area (Å²) in [7, 11) is 0. The lowest BCUT2D eigenvalue weighted by Crippen LogP contribution is -2.42. The number of carbonyl (C=O) groups excluding carboxylic acids is 2. The summed E-state index contributed by atoms with van der Waals surface area (Å²) in [6.07, 6.45) is 5.84. The van der Waals surface area contributed by atoms with Crippen molar-refractivity contribution in [3.8, 4) is 5.88 Å². The van der Waals surface area contributed by atoms with Crippen LogP contribution < -0.4 is 25.2 Å². The third-order valence-electron chi connectivity index (χ3n) is 7.89. The standard InChI is InChI=1S/C32H40N8O5/c1-21-25(18-35-30-29(21)40(11-14-44-30)31(42)45-32(2,3)4)39-8-7-22-16-33-27(15-23(22)19-39)36-24-5-6-26(34-17-24)37-28(41)20-38-9-12-43-13-10-38/h5-6,15-18H,7-14,19-20H2,1-4H3,(H,33,36)(H,34,37,41). The third kappa shape index (κ3) is 7.26. The Morgan fingerprint density at radius 3 is 2.51 bits per heavy atom. The summed E-state index contributed by atoms with van der Waals surface area (Å²) >= 11 is 0. The number of morpholine rings is 1. The molecule has 0 aromatic carbocycles. The van der Waals surface area contributed by atoms with Gasteiger partial charge in [-0.3, -0.25) is 14.6 Å². The van der Waals surface area contributed by atoms with Gasteiger partial charge in [0.25, 0.3) is 0 Å². The topological polar surface area (TPSA) is 134 Å². The molecule has 0 saturated carbocycles. The van der Waals surface area contributed by atoms with Crippen LogP contribution in [0.1, 0.15) is 37.5 Å². The van der Waals surface area contributed by atoms with Gasteiger partial charge in [-0.1, -0.05) is 0 Å². The first kappa shape index (κ1) is 30.5. The van der Waals surface area contributed by atoms with Crippen molar-refractivity contribution in [2.45, 2.75) is 46.3 Å². The molecule has 2 amide bonds. The van der Waals surface area contributed by atoms with Gasteiger partial charge in [-0.05, 0) is 63.4 Å². The van der Waals surface area contributed by atoms with E-state index in [4.69, 9.17) is 14.2 Å². The lowest BCUT2D eigenvalue weighted by atomic mass is 10.0. The molecule has 0 aliphatic carbocycles. The van der Waals surface area contributed by atoms with Crippen molar-refractivity contribution in [2.24, 2.45) is 0 Å². The van der Waals surface area contributed by atoms with E-state index in [1.807, 2.05) is 46.2 Å². The van der Waals surface area contributed by atoms with E-state index in [1.54, 1.807) is 17.2 Å². The number of carbonyl (C=O) groups is 2. The van der Waals surface area contributed by atoms with Crippen molar-refractivity contribution >= 4 is 40.7 Å². The monoisotopic (exact) mass is 616 g/mol. The van der Waals surface area contributed by atoms with Gasteiger partial charge < -0.3 is 29.7 Å². The van der Waals surface area contributed by atoms with Gasteiger partial charge in [-0.15, -0.1) is 0 Å². The van der Waals surface area contributed by atoms with Gasteiger partial charge in [-0.25, -0.2) is 19.7 Å². The first-order chi connectivity index (χ1) is 21.6. The van der Waals surface area contributed by atoms with Crippen LogP contribution in [0.5, 0.6) is 5.88 Å². The molecule has 1 fully saturated rings. The van der Waals surface area contributed by atoms with Crippen LogP contribution in [0.25, 0.3) is 0 Å². The highest BCUT2D eigenvalue weighted by Gasteiger charge is 2.32. The zero-order valence-corrected chi connectivity index (χ0v) is 26.3. The molecule has 3 aromatic heterocycles. The number of anilines is 5. The lowest BCUT2D eigenvalue weighted by Gasteiger charge is -2.35. The largest absolute Gasteiger partial charge is 0.474 e. The number of nitrogens with zero attached hydrogens (tertiary/aromatic N) is 6. The van der Waals surface area contributed by atoms with E-state index in [2.05, 4.69) is 41.5 Å². The average molecular weight is 617 g/mol. The van der Waals surface area contributed by atoms with Crippen molar-refractivity contribution in [3.05, 3.63) is 53.5 Å². The van der Waals surface area contributed by atoms with Gasteiger partial charge in [0, 0.05) is 37.9 Å². The van der Waals surface area contributed by atoms with Gasteiger partial charge in [0.1, 0.15) is 29.5 Å². The van der Waals surface area contributed by atoms with Crippen LogP contribution in [-0.4, -0.2) is 90.0 Å². The maximum Gasteiger partial charge on any atom is 0.415 e. The highest BCUT2D eigenvalue weighted by atomic mass is 16.6. The number of rotatable bonds is 6. The predicted octanol–water partition coefficient (Wildman–Crippen LogP) is 3.89. The molecular formula is C32H40N8O5. The average Bonchev–Trinajstić information content (AvgIpc) is 3.01. The minimum Gasteiger partial charge on any atom is -0.474 e. The first-order valence-electron chi connectivity index (χ1n) is 15.3. The van der Waals surface area contributed by atoms with E-state index in [1.165, 1.54) is 5.56 Å². The van der Waals surface area contributed by atoms with Crippen LogP contribution in [0, 0.1) is 6.92 Å². The highest BCUT2D eigenvalue weighted by Crippen LogP contribution is 2.40. The molecule has 13 nitrogen and oxygen atoms in total. The summed E-state index contributed by atoms with van der Waals surface area (Å²) in [6.45, 7) is 12.9. The third-order valence-corrected chi connectivity index (χ3v) is 7.89. The maximum atomic E-state index is 13.1. The van der Waals surface area contributed by atoms with Crippen molar-refractivity contribution in [1.29, 1.82) is 0 Å². The van der Waals surface area contributed by atoms with Gasteiger partial charge in [0.05, 0.1) is 50.1 Å². The van der Waals surface area contributed by atoms with E-state index in [9.17, 15) is 9.59 Å². The number of hydrogen-bond acceptors (Lipinski definition) is 11.